The molecule has 0 fully saturated rings. The fourth-order valence-electron chi connectivity index (χ4n) is 2.79. The maximum atomic E-state index is 4.88. The van der Waals surface area contributed by atoms with Crippen molar-refractivity contribution in [3.05, 3.63) is 23.0 Å². The van der Waals surface area contributed by atoms with Crippen LogP contribution in [0.4, 0.5) is 0 Å². The molecule has 0 bridgehead atoms. The SMILES string of the molecule is CCCNC1CCCc2nc(-c3cnn(C(C)C)c3)sc21. The summed E-state index contributed by atoms with van der Waals surface area (Å²) in [5.41, 5.74) is 2.45. The van der Waals surface area contributed by atoms with Crippen LogP contribution in [0.3, 0.4) is 0 Å². The molecular weight excluding hydrogens is 280 g/mol. The van der Waals surface area contributed by atoms with E-state index in [1.54, 1.807) is 0 Å². The Balaban J connectivity index is 1.86. The van der Waals surface area contributed by atoms with Crippen LogP contribution in [-0.4, -0.2) is 21.3 Å². The molecule has 1 aliphatic rings. The highest BCUT2D eigenvalue weighted by molar-refractivity contribution is 7.15. The Morgan fingerprint density at radius 2 is 2.33 bits per heavy atom. The first-order chi connectivity index (χ1) is 10.2. The molecule has 3 rings (SSSR count). The van der Waals surface area contributed by atoms with Gasteiger partial charge in [-0.15, -0.1) is 11.3 Å². The Hall–Kier alpha value is -1.20. The largest absolute Gasteiger partial charge is 0.309 e. The summed E-state index contributed by atoms with van der Waals surface area (Å²) in [5.74, 6) is 0. The van der Waals surface area contributed by atoms with E-state index < -0.39 is 0 Å². The maximum Gasteiger partial charge on any atom is 0.127 e. The minimum atomic E-state index is 0.396. The lowest BCUT2D eigenvalue weighted by molar-refractivity contribution is 0.465. The van der Waals surface area contributed by atoms with Crippen LogP contribution in [0.5, 0.6) is 0 Å². The molecule has 5 heteroatoms. The minimum Gasteiger partial charge on any atom is -0.309 e. The van der Waals surface area contributed by atoms with Crippen LogP contribution in [0, 0.1) is 0 Å². The van der Waals surface area contributed by atoms with E-state index in [0.29, 0.717) is 12.1 Å². The molecule has 0 saturated carbocycles. The van der Waals surface area contributed by atoms with Gasteiger partial charge in [0, 0.05) is 28.7 Å². The number of nitrogens with one attached hydrogen (secondary N) is 1. The summed E-state index contributed by atoms with van der Waals surface area (Å²) in [6.45, 7) is 7.60. The minimum absolute atomic E-state index is 0.396. The van der Waals surface area contributed by atoms with Crippen LogP contribution in [0.25, 0.3) is 10.6 Å². The molecule has 0 spiro atoms. The highest BCUT2D eigenvalue weighted by Gasteiger charge is 2.24. The standard InChI is InChI=1S/C16H24N4S/c1-4-8-17-13-6-5-7-14-15(13)21-16(19-14)12-9-18-20(10-12)11(2)3/h9-11,13,17H,4-8H2,1-3H3. The lowest BCUT2D eigenvalue weighted by Crippen LogP contribution is -2.24. The summed E-state index contributed by atoms with van der Waals surface area (Å²) in [6, 6.07) is 0.896. The third kappa shape index (κ3) is 3.04. The number of thiazole rings is 1. The Labute approximate surface area is 130 Å². The van der Waals surface area contributed by atoms with E-state index in [2.05, 4.69) is 37.4 Å². The van der Waals surface area contributed by atoms with Gasteiger partial charge in [0.25, 0.3) is 0 Å². The first-order valence-electron chi connectivity index (χ1n) is 7.96. The van der Waals surface area contributed by atoms with Gasteiger partial charge in [0.05, 0.1) is 11.9 Å². The zero-order valence-electron chi connectivity index (χ0n) is 13.1. The van der Waals surface area contributed by atoms with E-state index in [0.717, 1.165) is 23.5 Å². The van der Waals surface area contributed by atoms with Crippen LogP contribution in [-0.2, 0) is 6.42 Å². The summed E-state index contributed by atoms with van der Waals surface area (Å²) in [5, 5.41) is 9.22. The molecule has 4 nitrogen and oxygen atoms in total. The van der Waals surface area contributed by atoms with Crippen LogP contribution >= 0.6 is 11.3 Å². The first-order valence-corrected chi connectivity index (χ1v) is 8.78. The molecule has 1 atom stereocenters. The Morgan fingerprint density at radius 1 is 1.48 bits per heavy atom. The molecule has 0 radical (unpaired) electrons. The molecular formula is C16H24N4S. The van der Waals surface area contributed by atoms with Gasteiger partial charge >= 0.3 is 0 Å². The van der Waals surface area contributed by atoms with Crippen LogP contribution in [0.2, 0.25) is 0 Å². The van der Waals surface area contributed by atoms with Gasteiger partial charge < -0.3 is 5.32 Å². The summed E-state index contributed by atoms with van der Waals surface area (Å²) in [4.78, 5) is 6.32. The zero-order valence-corrected chi connectivity index (χ0v) is 13.9. The molecule has 0 aromatic carbocycles. The van der Waals surface area contributed by atoms with Gasteiger partial charge in [0.2, 0.25) is 0 Å². The monoisotopic (exact) mass is 304 g/mol. The summed E-state index contributed by atoms with van der Waals surface area (Å²) < 4.78 is 2.00. The number of aryl methyl sites for hydroxylation is 1. The highest BCUT2D eigenvalue weighted by Crippen LogP contribution is 2.37. The molecule has 2 aromatic heterocycles. The number of fused-ring (bicyclic) bond motifs is 1. The summed E-state index contributed by atoms with van der Waals surface area (Å²) in [6.07, 6.45) is 8.83. The van der Waals surface area contributed by atoms with E-state index in [4.69, 9.17) is 4.98 Å². The van der Waals surface area contributed by atoms with Crippen LogP contribution in [0.15, 0.2) is 12.4 Å². The highest BCUT2D eigenvalue weighted by atomic mass is 32.1. The van der Waals surface area contributed by atoms with Gasteiger partial charge in [-0.2, -0.15) is 5.10 Å². The molecule has 2 heterocycles. The van der Waals surface area contributed by atoms with Crippen molar-refractivity contribution in [2.24, 2.45) is 0 Å². The predicted octanol–water partition coefficient (Wildman–Crippen LogP) is 3.96. The zero-order chi connectivity index (χ0) is 14.8. The lowest BCUT2D eigenvalue weighted by Gasteiger charge is -2.22. The van der Waals surface area contributed by atoms with Gasteiger partial charge in [-0.25, -0.2) is 4.98 Å². The third-order valence-electron chi connectivity index (χ3n) is 3.97. The van der Waals surface area contributed by atoms with Gasteiger partial charge in [0.1, 0.15) is 5.01 Å². The van der Waals surface area contributed by atoms with E-state index in [1.165, 1.54) is 29.8 Å². The number of hydrogen-bond donors (Lipinski definition) is 1. The van der Waals surface area contributed by atoms with Crippen molar-refractivity contribution in [1.82, 2.24) is 20.1 Å². The Morgan fingerprint density at radius 3 is 3.05 bits per heavy atom. The molecule has 1 aliphatic carbocycles. The van der Waals surface area contributed by atoms with E-state index in [9.17, 15) is 0 Å². The van der Waals surface area contributed by atoms with Crippen LogP contribution in [0.1, 0.15) is 62.7 Å². The number of nitrogens with zero attached hydrogens (tertiary/aromatic N) is 3. The van der Waals surface area contributed by atoms with Gasteiger partial charge in [0.15, 0.2) is 0 Å². The third-order valence-corrected chi connectivity index (χ3v) is 5.23. The van der Waals surface area contributed by atoms with E-state index in [-0.39, 0.29) is 0 Å². The molecule has 114 valence electrons. The average molecular weight is 304 g/mol. The molecule has 21 heavy (non-hydrogen) atoms. The maximum absolute atomic E-state index is 4.88. The van der Waals surface area contributed by atoms with Crippen molar-refractivity contribution in [2.75, 3.05) is 6.54 Å². The molecule has 2 aromatic rings. The normalized spacial score (nSPS) is 18.2. The van der Waals surface area contributed by atoms with Crippen molar-refractivity contribution in [3.8, 4) is 10.6 Å². The number of hydrogen-bond acceptors (Lipinski definition) is 4. The predicted molar refractivity (Wildman–Crippen MR) is 87.7 cm³/mol. The topological polar surface area (TPSA) is 42.7 Å². The summed E-state index contributed by atoms with van der Waals surface area (Å²) in [7, 11) is 0. The molecule has 1 unspecified atom stereocenters. The first kappa shape index (κ1) is 14.7. The van der Waals surface area contributed by atoms with Gasteiger partial charge in [-0.05, 0) is 46.1 Å². The Kier molecular flexibility index (Phi) is 4.40. The lowest BCUT2D eigenvalue weighted by atomic mass is 9.98. The second kappa shape index (κ2) is 6.28. The quantitative estimate of drug-likeness (QED) is 0.909. The van der Waals surface area contributed by atoms with E-state index in [1.807, 2.05) is 22.2 Å². The second-order valence-corrected chi connectivity index (χ2v) is 7.06. The summed E-state index contributed by atoms with van der Waals surface area (Å²) >= 11 is 1.85. The Bertz CT molecular complexity index is 599. The fourth-order valence-corrected chi connectivity index (χ4v) is 3.98. The molecule has 1 N–H and O–H groups in total. The molecule has 0 saturated heterocycles. The number of aromatic nitrogens is 3. The van der Waals surface area contributed by atoms with Crippen molar-refractivity contribution in [2.45, 2.75) is 58.5 Å². The van der Waals surface area contributed by atoms with E-state index >= 15 is 0 Å². The van der Waals surface area contributed by atoms with Crippen molar-refractivity contribution < 1.29 is 0 Å². The molecule has 0 aliphatic heterocycles. The van der Waals surface area contributed by atoms with Crippen molar-refractivity contribution >= 4 is 11.3 Å². The second-order valence-electron chi connectivity index (χ2n) is 6.03. The average Bonchev–Trinajstić information content (AvgIpc) is 3.11. The number of rotatable bonds is 5. The smallest absolute Gasteiger partial charge is 0.127 e. The van der Waals surface area contributed by atoms with Gasteiger partial charge in [-0.3, -0.25) is 4.68 Å². The van der Waals surface area contributed by atoms with Crippen molar-refractivity contribution in [3.63, 3.8) is 0 Å². The molecule has 0 amide bonds. The fraction of sp³-hybridized carbons (Fsp3) is 0.625. The van der Waals surface area contributed by atoms with Crippen LogP contribution < -0.4 is 5.32 Å². The van der Waals surface area contributed by atoms with Crippen molar-refractivity contribution in [1.29, 1.82) is 0 Å². The van der Waals surface area contributed by atoms with Gasteiger partial charge in [-0.1, -0.05) is 6.92 Å².